The molecule has 0 aromatic carbocycles. The lowest BCUT2D eigenvalue weighted by Crippen LogP contribution is -1.92. The Morgan fingerprint density at radius 3 is 3.17 bits per heavy atom. The molecule has 0 spiro atoms. The average Bonchev–Trinajstić information content (AvgIpc) is 2.56. The first-order chi connectivity index (χ1) is 5.84. The summed E-state index contributed by atoms with van der Waals surface area (Å²) in [5.74, 6) is 4.86. The van der Waals surface area contributed by atoms with Crippen molar-refractivity contribution >= 4 is 5.78 Å². The minimum Gasteiger partial charge on any atom is -0.460 e. The van der Waals surface area contributed by atoms with Crippen LogP contribution in [0.3, 0.4) is 0 Å². The van der Waals surface area contributed by atoms with Gasteiger partial charge in [-0.05, 0) is 18.1 Å². The molecule has 1 heterocycles. The lowest BCUT2D eigenvalue weighted by molar-refractivity contribution is 0.103. The number of furan rings is 1. The van der Waals surface area contributed by atoms with Crippen molar-refractivity contribution in [2.24, 2.45) is 0 Å². The predicted octanol–water partition coefficient (Wildman–Crippen LogP) is 1.11. The van der Waals surface area contributed by atoms with Crippen molar-refractivity contribution in [2.75, 3.05) is 13.7 Å². The van der Waals surface area contributed by atoms with E-state index >= 15 is 0 Å². The van der Waals surface area contributed by atoms with E-state index in [1.165, 1.54) is 13.4 Å². The van der Waals surface area contributed by atoms with Crippen molar-refractivity contribution in [3.8, 4) is 11.8 Å². The van der Waals surface area contributed by atoms with Gasteiger partial charge in [-0.1, -0.05) is 5.92 Å². The van der Waals surface area contributed by atoms with Crippen LogP contribution < -0.4 is 0 Å². The van der Waals surface area contributed by atoms with E-state index in [-0.39, 0.29) is 18.2 Å². The van der Waals surface area contributed by atoms with Crippen molar-refractivity contribution in [2.45, 2.75) is 0 Å². The van der Waals surface area contributed by atoms with Crippen LogP contribution in [0.5, 0.6) is 0 Å². The molecule has 0 bridgehead atoms. The van der Waals surface area contributed by atoms with E-state index in [2.05, 4.69) is 16.6 Å². The maximum Gasteiger partial charge on any atom is 0.271 e. The Bertz CT molecular complexity index is 300. The molecule has 1 rings (SSSR count). The summed E-state index contributed by atoms with van der Waals surface area (Å²) < 4.78 is 9.49. The van der Waals surface area contributed by atoms with Gasteiger partial charge >= 0.3 is 0 Å². The van der Waals surface area contributed by atoms with Gasteiger partial charge in [-0.15, -0.1) is 0 Å². The Labute approximate surface area is 70.3 Å². The molecular weight excluding hydrogens is 156 g/mol. The Kier molecular flexibility index (Phi) is 3.12. The van der Waals surface area contributed by atoms with Gasteiger partial charge in [-0.25, -0.2) is 0 Å². The first-order valence-corrected chi connectivity index (χ1v) is 3.40. The third-order valence-corrected chi connectivity index (χ3v) is 1.16. The van der Waals surface area contributed by atoms with Gasteiger partial charge in [0.15, 0.2) is 5.76 Å². The molecular formula is C9H8O3. The molecule has 3 nitrogen and oxygen atoms in total. The number of hydrogen-bond donors (Lipinski definition) is 0. The molecule has 0 aliphatic rings. The van der Waals surface area contributed by atoms with Gasteiger partial charge in [-0.3, -0.25) is 4.79 Å². The van der Waals surface area contributed by atoms with Gasteiger partial charge < -0.3 is 9.15 Å². The van der Waals surface area contributed by atoms with Gasteiger partial charge in [0.2, 0.25) is 0 Å². The zero-order valence-electron chi connectivity index (χ0n) is 6.66. The van der Waals surface area contributed by atoms with Crippen LogP contribution in [-0.4, -0.2) is 19.5 Å². The summed E-state index contributed by atoms with van der Waals surface area (Å²) in [4.78, 5) is 11.1. The first-order valence-electron chi connectivity index (χ1n) is 3.40. The van der Waals surface area contributed by atoms with Crippen molar-refractivity contribution in [1.29, 1.82) is 0 Å². The number of hydrogen-bond acceptors (Lipinski definition) is 3. The van der Waals surface area contributed by atoms with Gasteiger partial charge in [0, 0.05) is 7.11 Å². The Morgan fingerprint density at radius 2 is 2.58 bits per heavy atom. The zero-order valence-corrected chi connectivity index (χ0v) is 6.66. The fourth-order valence-electron chi connectivity index (χ4n) is 0.658. The molecule has 0 aliphatic heterocycles. The van der Waals surface area contributed by atoms with Crippen LogP contribution in [0.1, 0.15) is 10.6 Å². The lowest BCUT2D eigenvalue weighted by atomic mass is 10.3. The van der Waals surface area contributed by atoms with Crippen molar-refractivity contribution in [3.63, 3.8) is 0 Å². The van der Waals surface area contributed by atoms with Crippen LogP contribution in [-0.2, 0) is 4.74 Å². The number of ketones is 1. The molecule has 1 aromatic rings. The molecule has 0 atom stereocenters. The number of carbonyl (C=O) groups excluding carboxylic acids is 1. The van der Waals surface area contributed by atoms with Gasteiger partial charge in [0.1, 0.15) is 6.61 Å². The predicted molar refractivity (Wildman–Crippen MR) is 42.7 cm³/mol. The zero-order chi connectivity index (χ0) is 8.81. The maximum absolute atomic E-state index is 11.1. The summed E-state index contributed by atoms with van der Waals surface area (Å²) in [6, 6.07) is 3.22. The van der Waals surface area contributed by atoms with Gasteiger partial charge in [0.25, 0.3) is 5.78 Å². The van der Waals surface area contributed by atoms with Gasteiger partial charge in [0.05, 0.1) is 6.26 Å². The summed E-state index contributed by atoms with van der Waals surface area (Å²) in [7, 11) is 1.52. The van der Waals surface area contributed by atoms with Crippen LogP contribution >= 0.6 is 0 Å². The van der Waals surface area contributed by atoms with Crippen LogP contribution in [0.15, 0.2) is 22.8 Å². The molecule has 62 valence electrons. The summed E-state index contributed by atoms with van der Waals surface area (Å²) in [5.41, 5.74) is 0. The smallest absolute Gasteiger partial charge is 0.271 e. The van der Waals surface area contributed by atoms with Crippen LogP contribution in [0.2, 0.25) is 0 Å². The highest BCUT2D eigenvalue weighted by Gasteiger charge is 2.02. The van der Waals surface area contributed by atoms with Crippen LogP contribution in [0, 0.1) is 11.8 Å². The molecule has 0 amide bonds. The largest absolute Gasteiger partial charge is 0.460 e. The second-order valence-electron chi connectivity index (χ2n) is 2.04. The Hall–Kier alpha value is -1.53. The number of rotatable bonds is 2. The third-order valence-electron chi connectivity index (χ3n) is 1.16. The van der Waals surface area contributed by atoms with E-state index in [0.29, 0.717) is 0 Å². The summed E-state index contributed by atoms with van der Waals surface area (Å²) in [5, 5.41) is 0. The fraction of sp³-hybridized carbons (Fsp3) is 0.222. The molecule has 0 radical (unpaired) electrons. The van der Waals surface area contributed by atoms with E-state index < -0.39 is 0 Å². The third kappa shape index (κ3) is 2.26. The van der Waals surface area contributed by atoms with Crippen LogP contribution in [0.4, 0.5) is 0 Å². The van der Waals surface area contributed by atoms with Crippen molar-refractivity contribution < 1.29 is 13.9 Å². The van der Waals surface area contributed by atoms with Crippen LogP contribution in [0.25, 0.3) is 0 Å². The summed E-state index contributed by atoms with van der Waals surface area (Å²) in [6.45, 7) is 0.256. The quantitative estimate of drug-likeness (QED) is 0.373. The highest BCUT2D eigenvalue weighted by Crippen LogP contribution is 1.99. The van der Waals surface area contributed by atoms with E-state index in [1.807, 2.05) is 0 Å². The normalized spacial score (nSPS) is 8.75. The number of methoxy groups -OCH3 is 1. The minimum absolute atomic E-state index is 0.256. The highest BCUT2D eigenvalue weighted by atomic mass is 16.5. The maximum atomic E-state index is 11.1. The number of carbonyl (C=O) groups is 1. The molecule has 0 saturated carbocycles. The second kappa shape index (κ2) is 4.37. The second-order valence-corrected chi connectivity index (χ2v) is 2.04. The Balaban J connectivity index is 2.57. The van der Waals surface area contributed by atoms with Crippen molar-refractivity contribution in [1.82, 2.24) is 0 Å². The highest BCUT2D eigenvalue weighted by molar-refractivity contribution is 6.07. The molecule has 0 aliphatic carbocycles. The molecule has 1 aromatic heterocycles. The fourth-order valence-corrected chi connectivity index (χ4v) is 0.658. The van der Waals surface area contributed by atoms with E-state index in [1.54, 1.807) is 12.1 Å². The topological polar surface area (TPSA) is 39.4 Å². The lowest BCUT2D eigenvalue weighted by Gasteiger charge is -1.83. The summed E-state index contributed by atoms with van der Waals surface area (Å²) in [6.07, 6.45) is 1.44. The average molecular weight is 164 g/mol. The van der Waals surface area contributed by atoms with E-state index in [0.717, 1.165) is 0 Å². The summed E-state index contributed by atoms with van der Waals surface area (Å²) >= 11 is 0. The molecule has 0 unspecified atom stereocenters. The Morgan fingerprint density at radius 1 is 1.75 bits per heavy atom. The first kappa shape index (κ1) is 8.57. The van der Waals surface area contributed by atoms with E-state index in [4.69, 9.17) is 4.42 Å². The molecule has 0 saturated heterocycles. The van der Waals surface area contributed by atoms with E-state index in [9.17, 15) is 4.79 Å². The number of ether oxygens (including phenoxy) is 1. The monoisotopic (exact) mass is 164 g/mol. The molecule has 0 N–H and O–H groups in total. The standard InChI is InChI=1S/C9H8O3/c1-11-6-2-4-8(10)9-5-3-7-12-9/h3,5,7H,6H2,1H3. The molecule has 3 heteroatoms. The van der Waals surface area contributed by atoms with Crippen molar-refractivity contribution in [3.05, 3.63) is 24.2 Å². The molecule has 0 fully saturated rings. The van der Waals surface area contributed by atoms with Gasteiger partial charge in [-0.2, -0.15) is 0 Å². The number of Topliss-reactive ketones (excluding diaryl/α,β-unsaturated/α-hetero) is 1. The minimum atomic E-state index is -0.322. The molecule has 12 heavy (non-hydrogen) atoms. The SMILES string of the molecule is COCC#CC(=O)c1ccco1.